The van der Waals surface area contributed by atoms with Gasteiger partial charge in [0.2, 0.25) is 5.91 Å². The number of rotatable bonds is 8. The van der Waals surface area contributed by atoms with E-state index in [-0.39, 0.29) is 31.0 Å². The van der Waals surface area contributed by atoms with Gasteiger partial charge in [0.05, 0.1) is 6.42 Å². The van der Waals surface area contributed by atoms with Crippen molar-refractivity contribution < 1.29 is 14.7 Å². The molecule has 1 amide bonds. The minimum Gasteiger partial charge on any atom is -0.481 e. The molecule has 0 heterocycles. The van der Waals surface area contributed by atoms with E-state index in [0.717, 1.165) is 12.8 Å². The van der Waals surface area contributed by atoms with Crippen LogP contribution < -0.4 is 5.73 Å². The van der Waals surface area contributed by atoms with Gasteiger partial charge in [-0.05, 0) is 33.6 Å². The average molecular weight is 244 g/mol. The van der Waals surface area contributed by atoms with Gasteiger partial charge in [0.25, 0.3) is 0 Å². The zero-order valence-electron chi connectivity index (χ0n) is 11.0. The molecule has 0 aromatic carbocycles. The van der Waals surface area contributed by atoms with E-state index < -0.39 is 5.97 Å². The third-order valence-corrected chi connectivity index (χ3v) is 2.56. The van der Waals surface area contributed by atoms with Crippen LogP contribution in [0, 0.1) is 0 Å². The fourth-order valence-corrected chi connectivity index (χ4v) is 1.61. The Morgan fingerprint density at radius 2 is 1.82 bits per heavy atom. The Labute approximate surface area is 103 Å². The van der Waals surface area contributed by atoms with Crippen molar-refractivity contribution >= 4 is 11.9 Å². The zero-order valence-corrected chi connectivity index (χ0v) is 11.0. The van der Waals surface area contributed by atoms with Gasteiger partial charge >= 0.3 is 5.97 Å². The molecule has 0 aromatic rings. The van der Waals surface area contributed by atoms with Crippen molar-refractivity contribution in [3.05, 3.63) is 0 Å². The van der Waals surface area contributed by atoms with Crippen molar-refractivity contribution in [1.82, 2.24) is 4.90 Å². The molecule has 1 atom stereocenters. The Morgan fingerprint density at radius 3 is 2.24 bits per heavy atom. The van der Waals surface area contributed by atoms with Crippen LogP contribution in [0.4, 0.5) is 0 Å². The first kappa shape index (κ1) is 15.9. The summed E-state index contributed by atoms with van der Waals surface area (Å²) in [5.74, 6) is -0.860. The number of nitrogens with two attached hydrogens (primary N) is 1. The highest BCUT2D eigenvalue weighted by Crippen LogP contribution is 2.07. The summed E-state index contributed by atoms with van der Waals surface area (Å²) >= 11 is 0. The third-order valence-electron chi connectivity index (χ3n) is 2.56. The Kier molecular flexibility index (Phi) is 7.54. The quantitative estimate of drug-likeness (QED) is 0.672. The van der Waals surface area contributed by atoms with Crippen molar-refractivity contribution in [2.45, 2.75) is 58.5 Å². The number of hydrogen-bond acceptors (Lipinski definition) is 3. The van der Waals surface area contributed by atoms with Gasteiger partial charge in [-0.1, -0.05) is 0 Å². The summed E-state index contributed by atoms with van der Waals surface area (Å²) in [6.07, 6.45) is 2.01. The van der Waals surface area contributed by atoms with Gasteiger partial charge < -0.3 is 15.7 Å². The van der Waals surface area contributed by atoms with Crippen LogP contribution >= 0.6 is 0 Å². The van der Waals surface area contributed by atoms with Crippen molar-refractivity contribution in [3.8, 4) is 0 Å². The van der Waals surface area contributed by atoms with Gasteiger partial charge in [-0.3, -0.25) is 9.59 Å². The summed E-state index contributed by atoms with van der Waals surface area (Å²) in [7, 11) is 0. The van der Waals surface area contributed by atoms with Crippen LogP contribution in [0.2, 0.25) is 0 Å². The van der Waals surface area contributed by atoms with E-state index in [0.29, 0.717) is 6.42 Å². The summed E-state index contributed by atoms with van der Waals surface area (Å²) in [6.45, 7) is 5.98. The highest BCUT2D eigenvalue weighted by atomic mass is 16.4. The van der Waals surface area contributed by atoms with Crippen LogP contribution in [0.15, 0.2) is 0 Å². The molecule has 5 nitrogen and oxygen atoms in total. The smallest absolute Gasteiger partial charge is 0.305 e. The van der Waals surface area contributed by atoms with E-state index in [1.54, 1.807) is 4.90 Å². The lowest BCUT2D eigenvalue weighted by Crippen LogP contribution is -2.38. The van der Waals surface area contributed by atoms with Gasteiger partial charge in [-0.15, -0.1) is 0 Å². The number of carbonyl (C=O) groups excluding carboxylic acids is 1. The van der Waals surface area contributed by atoms with E-state index in [9.17, 15) is 9.59 Å². The van der Waals surface area contributed by atoms with Gasteiger partial charge in [-0.25, -0.2) is 0 Å². The summed E-state index contributed by atoms with van der Waals surface area (Å²) in [5, 5.41) is 8.62. The Hall–Kier alpha value is -1.10. The van der Waals surface area contributed by atoms with Crippen molar-refractivity contribution in [1.29, 1.82) is 0 Å². The molecule has 0 aromatic heterocycles. The molecule has 3 N–H and O–H groups in total. The fraction of sp³-hybridized carbons (Fsp3) is 0.833. The minimum atomic E-state index is -0.876. The van der Waals surface area contributed by atoms with E-state index >= 15 is 0 Å². The molecule has 0 saturated heterocycles. The maximum atomic E-state index is 11.9. The molecule has 100 valence electrons. The number of nitrogens with zero attached hydrogens (tertiary/aromatic N) is 1. The average Bonchev–Trinajstić information content (AvgIpc) is 2.16. The second kappa shape index (κ2) is 8.06. The van der Waals surface area contributed by atoms with Crippen LogP contribution in [0.1, 0.15) is 46.5 Å². The summed E-state index contributed by atoms with van der Waals surface area (Å²) in [6, 6.07) is 0.145. The topological polar surface area (TPSA) is 83.6 Å². The highest BCUT2D eigenvalue weighted by molar-refractivity contribution is 5.77. The standard InChI is InChI=1S/C12H24N2O3/c1-9(2)14(8-7-12(16)17)11(15)6-4-5-10(3)13/h9-10H,4-8,13H2,1-3H3,(H,16,17). The SMILES string of the molecule is CC(N)CCCC(=O)N(CCC(=O)O)C(C)C. The second-order valence-electron chi connectivity index (χ2n) is 4.69. The number of aliphatic carboxylic acids is 1. The first-order chi connectivity index (χ1) is 7.84. The summed E-state index contributed by atoms with van der Waals surface area (Å²) in [4.78, 5) is 24.0. The first-order valence-corrected chi connectivity index (χ1v) is 6.11. The lowest BCUT2D eigenvalue weighted by atomic mass is 10.1. The number of amides is 1. The van der Waals surface area contributed by atoms with Gasteiger partial charge in [0, 0.05) is 25.0 Å². The molecule has 0 radical (unpaired) electrons. The summed E-state index contributed by atoms with van der Waals surface area (Å²) < 4.78 is 0. The van der Waals surface area contributed by atoms with Crippen LogP contribution in [0.25, 0.3) is 0 Å². The van der Waals surface area contributed by atoms with Crippen LogP contribution in [0.3, 0.4) is 0 Å². The van der Waals surface area contributed by atoms with E-state index in [4.69, 9.17) is 10.8 Å². The van der Waals surface area contributed by atoms with E-state index in [1.165, 1.54) is 0 Å². The molecule has 0 spiro atoms. The van der Waals surface area contributed by atoms with Gasteiger partial charge in [0.1, 0.15) is 0 Å². The van der Waals surface area contributed by atoms with E-state index in [2.05, 4.69) is 0 Å². The molecule has 0 rings (SSSR count). The number of carboxylic acids is 1. The predicted octanol–water partition coefficient (Wildman–Crippen LogP) is 1.22. The molecule has 5 heteroatoms. The number of hydrogen-bond donors (Lipinski definition) is 2. The minimum absolute atomic E-state index is 0.00277. The predicted molar refractivity (Wildman–Crippen MR) is 66.6 cm³/mol. The largest absolute Gasteiger partial charge is 0.481 e. The lowest BCUT2D eigenvalue weighted by Gasteiger charge is -2.26. The Bertz CT molecular complexity index is 252. The highest BCUT2D eigenvalue weighted by Gasteiger charge is 2.17. The lowest BCUT2D eigenvalue weighted by molar-refractivity contribution is -0.139. The van der Waals surface area contributed by atoms with Crippen LogP contribution in [-0.2, 0) is 9.59 Å². The molecule has 1 unspecified atom stereocenters. The van der Waals surface area contributed by atoms with Crippen molar-refractivity contribution in [2.24, 2.45) is 5.73 Å². The monoisotopic (exact) mass is 244 g/mol. The third kappa shape index (κ3) is 7.74. The second-order valence-corrected chi connectivity index (χ2v) is 4.69. The molecule has 0 aliphatic heterocycles. The molecule has 17 heavy (non-hydrogen) atoms. The molecular weight excluding hydrogens is 220 g/mol. The summed E-state index contributed by atoms with van der Waals surface area (Å²) in [5.41, 5.74) is 5.61. The maximum Gasteiger partial charge on any atom is 0.305 e. The molecule has 0 saturated carbocycles. The molecule has 0 aliphatic rings. The number of carbonyl (C=O) groups is 2. The van der Waals surface area contributed by atoms with E-state index in [1.807, 2.05) is 20.8 Å². The number of carboxylic acid groups (broad SMARTS) is 1. The van der Waals surface area contributed by atoms with Crippen molar-refractivity contribution in [2.75, 3.05) is 6.54 Å². The van der Waals surface area contributed by atoms with Gasteiger partial charge in [0.15, 0.2) is 0 Å². The zero-order chi connectivity index (χ0) is 13.4. The Morgan fingerprint density at radius 1 is 1.24 bits per heavy atom. The molecule has 0 aliphatic carbocycles. The first-order valence-electron chi connectivity index (χ1n) is 6.11. The van der Waals surface area contributed by atoms with Crippen LogP contribution in [-0.4, -0.2) is 40.5 Å². The fourth-order valence-electron chi connectivity index (χ4n) is 1.61. The normalized spacial score (nSPS) is 12.5. The molecular formula is C12H24N2O3. The van der Waals surface area contributed by atoms with Crippen LogP contribution in [0.5, 0.6) is 0 Å². The van der Waals surface area contributed by atoms with Crippen molar-refractivity contribution in [3.63, 3.8) is 0 Å². The molecule has 0 bridgehead atoms. The maximum absolute atomic E-state index is 11.9. The molecule has 0 fully saturated rings. The van der Waals surface area contributed by atoms with Gasteiger partial charge in [-0.2, -0.15) is 0 Å². The Balaban J connectivity index is 4.11.